The monoisotopic (exact) mass is 278 g/mol. The maximum Gasteiger partial charge on any atom is 0.187 e. The van der Waals surface area contributed by atoms with Gasteiger partial charge in [-0.2, -0.15) is 5.10 Å². The van der Waals surface area contributed by atoms with Crippen molar-refractivity contribution >= 4 is 21.7 Å². The number of aromatic nitrogens is 2. The van der Waals surface area contributed by atoms with Gasteiger partial charge in [-0.3, -0.25) is 9.48 Å². The quantitative estimate of drug-likeness (QED) is 0.809. The minimum absolute atomic E-state index is 0.0659. The number of carbonyl (C=O) groups is 1. The number of halogens is 1. The average molecular weight is 279 g/mol. The fraction of sp³-hybridized carbons (Fsp3) is 0.167. The zero-order valence-electron chi connectivity index (χ0n) is 8.80. The molecular formula is C12H11BrN2O. The molecule has 0 spiro atoms. The first-order valence-corrected chi connectivity index (χ1v) is 5.76. The minimum Gasteiger partial charge on any atom is -0.292 e. The van der Waals surface area contributed by atoms with Crippen molar-refractivity contribution in [1.29, 1.82) is 0 Å². The van der Waals surface area contributed by atoms with Gasteiger partial charge < -0.3 is 0 Å². The summed E-state index contributed by atoms with van der Waals surface area (Å²) in [7, 11) is 0. The Morgan fingerprint density at radius 2 is 2.06 bits per heavy atom. The first kappa shape index (κ1) is 11.1. The van der Waals surface area contributed by atoms with Crippen LogP contribution in [0, 0.1) is 0 Å². The second-order valence-electron chi connectivity index (χ2n) is 3.54. The molecular weight excluding hydrogens is 268 g/mol. The van der Waals surface area contributed by atoms with Crippen LogP contribution in [0.3, 0.4) is 0 Å². The highest BCUT2D eigenvalue weighted by Gasteiger charge is 2.17. The van der Waals surface area contributed by atoms with Gasteiger partial charge in [-0.05, 0) is 22.9 Å². The van der Waals surface area contributed by atoms with Gasteiger partial charge in [0.15, 0.2) is 5.78 Å². The number of carbonyl (C=O) groups excluding carboxylic acids is 1. The molecule has 0 N–H and O–H groups in total. The lowest BCUT2D eigenvalue weighted by Gasteiger charge is -2.10. The van der Waals surface area contributed by atoms with E-state index in [0.29, 0.717) is 5.56 Å². The molecule has 3 nitrogen and oxygen atoms in total. The lowest BCUT2D eigenvalue weighted by atomic mass is 10.1. The molecule has 2 aromatic rings. The molecule has 16 heavy (non-hydrogen) atoms. The summed E-state index contributed by atoms with van der Waals surface area (Å²) in [6.07, 6.45) is 3.47. The van der Waals surface area contributed by atoms with Crippen molar-refractivity contribution < 1.29 is 4.79 Å². The average Bonchev–Trinajstić information content (AvgIpc) is 2.75. The zero-order valence-corrected chi connectivity index (χ0v) is 10.4. The summed E-state index contributed by atoms with van der Waals surface area (Å²) in [5, 5.41) is 4.11. The molecule has 1 unspecified atom stereocenters. The number of benzene rings is 1. The van der Waals surface area contributed by atoms with Crippen LogP contribution in [0.5, 0.6) is 0 Å². The summed E-state index contributed by atoms with van der Waals surface area (Å²) >= 11 is 3.31. The number of hydrogen-bond acceptors (Lipinski definition) is 2. The number of nitrogens with zero attached hydrogens (tertiary/aromatic N) is 2. The van der Waals surface area contributed by atoms with Crippen molar-refractivity contribution in [2.75, 3.05) is 0 Å². The Hall–Kier alpha value is -1.42. The Balaban J connectivity index is 2.23. The van der Waals surface area contributed by atoms with Crippen LogP contribution in [0.4, 0.5) is 0 Å². The molecule has 1 heterocycles. The third-order valence-corrected chi connectivity index (χ3v) is 2.81. The number of rotatable bonds is 3. The van der Waals surface area contributed by atoms with Crippen molar-refractivity contribution in [3.05, 3.63) is 52.8 Å². The highest BCUT2D eigenvalue weighted by atomic mass is 79.9. The van der Waals surface area contributed by atoms with Gasteiger partial charge >= 0.3 is 0 Å². The van der Waals surface area contributed by atoms with Crippen molar-refractivity contribution in [1.82, 2.24) is 9.78 Å². The van der Waals surface area contributed by atoms with Crippen LogP contribution < -0.4 is 0 Å². The molecule has 0 radical (unpaired) electrons. The third-order valence-electron chi connectivity index (χ3n) is 2.40. The molecule has 1 atom stereocenters. The van der Waals surface area contributed by atoms with E-state index in [0.717, 1.165) is 4.47 Å². The first-order chi connectivity index (χ1) is 7.68. The van der Waals surface area contributed by atoms with E-state index < -0.39 is 0 Å². The van der Waals surface area contributed by atoms with E-state index in [4.69, 9.17) is 0 Å². The molecule has 0 amide bonds. The van der Waals surface area contributed by atoms with Gasteiger partial charge in [0.2, 0.25) is 0 Å². The third kappa shape index (κ3) is 2.22. The van der Waals surface area contributed by atoms with Gasteiger partial charge in [-0.25, -0.2) is 0 Å². The molecule has 4 heteroatoms. The fourth-order valence-electron chi connectivity index (χ4n) is 1.49. The van der Waals surface area contributed by atoms with E-state index in [1.54, 1.807) is 17.1 Å². The van der Waals surface area contributed by atoms with Crippen molar-refractivity contribution in [2.24, 2.45) is 0 Å². The SMILES string of the molecule is CC(C(=O)c1ccccc1)n1cc(Br)cn1. The maximum atomic E-state index is 12.1. The standard InChI is InChI=1S/C12H11BrN2O/c1-9(15-8-11(13)7-14-15)12(16)10-5-3-2-4-6-10/h2-9H,1H3. The Bertz CT molecular complexity index is 493. The van der Waals surface area contributed by atoms with Gasteiger partial charge in [0.25, 0.3) is 0 Å². The van der Waals surface area contributed by atoms with Gasteiger partial charge in [-0.1, -0.05) is 30.3 Å². The van der Waals surface area contributed by atoms with Gasteiger partial charge in [-0.15, -0.1) is 0 Å². The fourth-order valence-corrected chi connectivity index (χ4v) is 1.79. The summed E-state index contributed by atoms with van der Waals surface area (Å²) in [5.74, 6) is 0.0659. The molecule has 0 bridgehead atoms. The Morgan fingerprint density at radius 1 is 1.38 bits per heavy atom. The van der Waals surface area contributed by atoms with Crippen LogP contribution in [0.1, 0.15) is 23.3 Å². The second-order valence-corrected chi connectivity index (χ2v) is 4.46. The second kappa shape index (κ2) is 4.61. The topological polar surface area (TPSA) is 34.9 Å². The van der Waals surface area contributed by atoms with Crippen LogP contribution in [0.25, 0.3) is 0 Å². The van der Waals surface area contributed by atoms with Gasteiger partial charge in [0, 0.05) is 11.8 Å². The summed E-state index contributed by atoms with van der Waals surface area (Å²) in [4.78, 5) is 12.1. The van der Waals surface area contributed by atoms with Crippen LogP contribution in [0.15, 0.2) is 47.2 Å². The van der Waals surface area contributed by atoms with E-state index in [9.17, 15) is 4.79 Å². The van der Waals surface area contributed by atoms with Crippen LogP contribution in [-0.4, -0.2) is 15.6 Å². The van der Waals surface area contributed by atoms with Crippen LogP contribution in [-0.2, 0) is 0 Å². The predicted molar refractivity (Wildman–Crippen MR) is 65.4 cm³/mol. The summed E-state index contributed by atoms with van der Waals surface area (Å²) < 4.78 is 2.53. The van der Waals surface area contributed by atoms with E-state index in [1.807, 2.05) is 37.3 Å². The van der Waals surface area contributed by atoms with Crippen molar-refractivity contribution in [3.8, 4) is 0 Å². The number of Topliss-reactive ketones (excluding diaryl/α,β-unsaturated/α-hetero) is 1. The molecule has 1 aromatic heterocycles. The molecule has 0 fully saturated rings. The number of ketones is 1. The normalized spacial score (nSPS) is 12.4. The molecule has 0 aliphatic rings. The molecule has 0 aliphatic carbocycles. The van der Waals surface area contributed by atoms with E-state index in [1.165, 1.54) is 0 Å². The molecule has 0 saturated heterocycles. The van der Waals surface area contributed by atoms with E-state index in [-0.39, 0.29) is 11.8 Å². The minimum atomic E-state index is -0.284. The maximum absolute atomic E-state index is 12.1. The number of hydrogen-bond donors (Lipinski definition) is 0. The zero-order chi connectivity index (χ0) is 11.5. The van der Waals surface area contributed by atoms with E-state index >= 15 is 0 Å². The van der Waals surface area contributed by atoms with Gasteiger partial charge in [0.1, 0.15) is 6.04 Å². The highest BCUT2D eigenvalue weighted by molar-refractivity contribution is 9.10. The molecule has 82 valence electrons. The highest BCUT2D eigenvalue weighted by Crippen LogP contribution is 2.16. The molecule has 1 aromatic carbocycles. The predicted octanol–water partition coefficient (Wildman–Crippen LogP) is 3.09. The lowest BCUT2D eigenvalue weighted by Crippen LogP contribution is -2.16. The van der Waals surface area contributed by atoms with Crippen molar-refractivity contribution in [2.45, 2.75) is 13.0 Å². The van der Waals surface area contributed by atoms with Crippen molar-refractivity contribution in [3.63, 3.8) is 0 Å². The van der Waals surface area contributed by atoms with Crippen LogP contribution >= 0.6 is 15.9 Å². The smallest absolute Gasteiger partial charge is 0.187 e. The summed E-state index contributed by atoms with van der Waals surface area (Å²) in [5.41, 5.74) is 0.710. The van der Waals surface area contributed by atoms with E-state index in [2.05, 4.69) is 21.0 Å². The molecule has 2 rings (SSSR count). The summed E-state index contributed by atoms with van der Waals surface area (Å²) in [6.45, 7) is 1.84. The molecule has 0 aliphatic heterocycles. The largest absolute Gasteiger partial charge is 0.292 e. The van der Waals surface area contributed by atoms with Crippen LogP contribution in [0.2, 0.25) is 0 Å². The van der Waals surface area contributed by atoms with Gasteiger partial charge in [0.05, 0.1) is 10.7 Å². The Morgan fingerprint density at radius 3 is 2.62 bits per heavy atom. The Kier molecular flexibility index (Phi) is 3.19. The molecule has 0 saturated carbocycles. The first-order valence-electron chi connectivity index (χ1n) is 4.97. The lowest BCUT2D eigenvalue weighted by molar-refractivity contribution is 0.0928. The summed E-state index contributed by atoms with van der Waals surface area (Å²) in [6, 6.07) is 8.97. The Labute approximate surface area is 102 Å².